The van der Waals surface area contributed by atoms with E-state index in [1.807, 2.05) is 30.3 Å². The number of urea groups is 1. The SMILES string of the molecule is CC[C@@]1(C(=O)OC)N[C@H](CN(C)C(=O)Nc2ccc(Cl)cc2)[C@@H]2C(=O)N(Cc3ccccc3)C(=O)[C@@H]21. The van der Waals surface area contributed by atoms with Gasteiger partial charge in [-0.1, -0.05) is 48.9 Å². The van der Waals surface area contributed by atoms with Crippen LogP contribution in [0.3, 0.4) is 0 Å². The standard InChI is InChI=1S/C26H29ClN4O5/c1-4-26(24(34)36-3)21-20(22(32)31(23(21)33)14-16-8-6-5-7-9-16)19(29-26)15-30(2)25(35)28-18-12-10-17(27)11-13-18/h5-13,19-21,29H,4,14-15H2,1-3H3,(H,28,35)/t19-,20+,21-,26-/m1/s1. The van der Waals surface area contributed by atoms with Crippen LogP contribution in [0.4, 0.5) is 10.5 Å². The highest BCUT2D eigenvalue weighted by atomic mass is 35.5. The Hall–Kier alpha value is -3.43. The Morgan fingerprint density at radius 1 is 1.11 bits per heavy atom. The first-order valence-corrected chi connectivity index (χ1v) is 12.1. The third-order valence-electron chi connectivity index (χ3n) is 7.05. The maximum Gasteiger partial charge on any atom is 0.326 e. The molecule has 0 aromatic heterocycles. The van der Waals surface area contributed by atoms with Crippen molar-refractivity contribution < 1.29 is 23.9 Å². The van der Waals surface area contributed by atoms with E-state index in [9.17, 15) is 19.2 Å². The summed E-state index contributed by atoms with van der Waals surface area (Å²) >= 11 is 5.91. The number of anilines is 1. The van der Waals surface area contributed by atoms with Gasteiger partial charge in [-0.25, -0.2) is 4.79 Å². The summed E-state index contributed by atoms with van der Waals surface area (Å²) in [7, 11) is 2.85. The van der Waals surface area contributed by atoms with Crippen molar-refractivity contribution in [2.45, 2.75) is 31.5 Å². The zero-order chi connectivity index (χ0) is 26.0. The number of esters is 1. The Kier molecular flexibility index (Phi) is 7.33. The van der Waals surface area contributed by atoms with Crippen molar-refractivity contribution >= 4 is 41.1 Å². The van der Waals surface area contributed by atoms with Gasteiger partial charge in [-0.3, -0.25) is 24.6 Å². The van der Waals surface area contributed by atoms with E-state index in [1.165, 1.54) is 16.9 Å². The van der Waals surface area contributed by atoms with Crippen LogP contribution >= 0.6 is 11.6 Å². The number of carbonyl (C=O) groups excluding carboxylic acids is 4. The number of rotatable bonds is 7. The Morgan fingerprint density at radius 2 is 1.78 bits per heavy atom. The number of nitrogens with zero attached hydrogens (tertiary/aromatic N) is 2. The number of nitrogens with one attached hydrogen (secondary N) is 2. The molecular formula is C26H29ClN4O5. The smallest absolute Gasteiger partial charge is 0.326 e. The summed E-state index contributed by atoms with van der Waals surface area (Å²) in [4.78, 5) is 55.6. The fourth-order valence-corrected chi connectivity index (χ4v) is 5.36. The number of hydrogen-bond acceptors (Lipinski definition) is 6. The molecule has 2 fully saturated rings. The summed E-state index contributed by atoms with van der Waals surface area (Å²) in [5.74, 6) is -3.12. The topological polar surface area (TPSA) is 108 Å². The predicted octanol–water partition coefficient (Wildman–Crippen LogP) is 2.90. The van der Waals surface area contributed by atoms with E-state index < -0.39 is 41.3 Å². The second-order valence-electron chi connectivity index (χ2n) is 9.14. The molecule has 2 heterocycles. The molecule has 0 radical (unpaired) electrons. The molecule has 0 bridgehead atoms. The van der Waals surface area contributed by atoms with Crippen LogP contribution in [0.2, 0.25) is 5.02 Å². The van der Waals surface area contributed by atoms with Gasteiger partial charge in [0.1, 0.15) is 5.54 Å². The molecule has 2 N–H and O–H groups in total. The minimum absolute atomic E-state index is 0.0948. The van der Waals surface area contributed by atoms with Crippen molar-refractivity contribution in [2.24, 2.45) is 11.8 Å². The van der Waals surface area contributed by atoms with Crippen LogP contribution < -0.4 is 10.6 Å². The van der Waals surface area contributed by atoms with Gasteiger partial charge in [0.25, 0.3) is 0 Å². The van der Waals surface area contributed by atoms with Crippen LogP contribution in [-0.4, -0.2) is 65.9 Å². The van der Waals surface area contributed by atoms with Crippen molar-refractivity contribution in [3.8, 4) is 0 Å². The third-order valence-corrected chi connectivity index (χ3v) is 7.31. The Morgan fingerprint density at radius 3 is 2.39 bits per heavy atom. The van der Waals surface area contributed by atoms with E-state index in [4.69, 9.17) is 16.3 Å². The Labute approximate surface area is 214 Å². The average molecular weight is 513 g/mol. The molecule has 4 amide bonds. The highest BCUT2D eigenvalue weighted by Crippen LogP contribution is 2.45. The molecule has 36 heavy (non-hydrogen) atoms. The second kappa shape index (κ2) is 10.3. The lowest BCUT2D eigenvalue weighted by atomic mass is 9.78. The number of halogens is 1. The molecule has 0 unspecified atom stereocenters. The Balaban J connectivity index is 1.59. The van der Waals surface area contributed by atoms with Crippen LogP contribution in [0, 0.1) is 11.8 Å². The first-order chi connectivity index (χ1) is 17.2. The van der Waals surface area contributed by atoms with Gasteiger partial charge in [-0.15, -0.1) is 0 Å². The predicted molar refractivity (Wildman–Crippen MR) is 134 cm³/mol. The summed E-state index contributed by atoms with van der Waals surface area (Å²) in [5, 5.41) is 6.55. The molecule has 2 saturated heterocycles. The highest BCUT2D eigenvalue weighted by Gasteiger charge is 2.67. The molecule has 0 spiro atoms. The van der Waals surface area contributed by atoms with Gasteiger partial charge in [0.15, 0.2) is 0 Å². The van der Waals surface area contributed by atoms with E-state index in [1.54, 1.807) is 38.2 Å². The molecule has 2 aliphatic rings. The summed E-state index contributed by atoms with van der Waals surface area (Å²) in [6.45, 7) is 1.99. The van der Waals surface area contributed by atoms with Crippen molar-refractivity contribution in [2.75, 3.05) is 26.0 Å². The molecular weight excluding hydrogens is 484 g/mol. The highest BCUT2D eigenvalue weighted by molar-refractivity contribution is 6.30. The van der Waals surface area contributed by atoms with Crippen molar-refractivity contribution in [3.05, 3.63) is 65.2 Å². The fraction of sp³-hybridized carbons (Fsp3) is 0.385. The summed E-state index contributed by atoms with van der Waals surface area (Å²) in [6, 6.07) is 14.9. The lowest BCUT2D eigenvalue weighted by Crippen LogP contribution is -2.58. The quantitative estimate of drug-likeness (QED) is 0.436. The zero-order valence-electron chi connectivity index (χ0n) is 20.4. The number of imide groups is 1. The van der Waals surface area contributed by atoms with E-state index >= 15 is 0 Å². The number of hydrogen-bond donors (Lipinski definition) is 2. The number of ether oxygens (including phenoxy) is 1. The maximum atomic E-state index is 13.6. The number of benzene rings is 2. The normalized spacial score (nSPS) is 25.0. The number of likely N-dealkylation sites (tertiary alicyclic amines) is 1. The fourth-order valence-electron chi connectivity index (χ4n) is 5.23. The van der Waals surface area contributed by atoms with Gasteiger partial charge in [0, 0.05) is 30.3 Å². The largest absolute Gasteiger partial charge is 0.468 e. The van der Waals surface area contributed by atoms with E-state index in [-0.39, 0.29) is 25.4 Å². The summed E-state index contributed by atoms with van der Waals surface area (Å²) in [6.07, 6.45) is 0.246. The van der Waals surface area contributed by atoms with Crippen molar-refractivity contribution in [3.63, 3.8) is 0 Å². The molecule has 4 rings (SSSR count). The monoisotopic (exact) mass is 512 g/mol. The molecule has 0 saturated carbocycles. The number of methoxy groups -OCH3 is 1. The molecule has 2 aromatic rings. The van der Waals surface area contributed by atoms with Crippen LogP contribution in [0.5, 0.6) is 0 Å². The van der Waals surface area contributed by atoms with Crippen molar-refractivity contribution in [1.29, 1.82) is 0 Å². The van der Waals surface area contributed by atoms with Gasteiger partial charge in [0.2, 0.25) is 11.8 Å². The molecule has 9 nitrogen and oxygen atoms in total. The Bertz CT molecular complexity index is 1160. The maximum absolute atomic E-state index is 13.6. The minimum Gasteiger partial charge on any atom is -0.468 e. The van der Waals surface area contributed by atoms with Gasteiger partial charge in [-0.05, 0) is 36.2 Å². The van der Waals surface area contributed by atoms with Gasteiger partial charge in [0.05, 0.1) is 25.5 Å². The summed E-state index contributed by atoms with van der Waals surface area (Å²) in [5.41, 5.74) is 0.00546. The third kappa shape index (κ3) is 4.56. The zero-order valence-corrected chi connectivity index (χ0v) is 21.1. The van der Waals surface area contributed by atoms with Crippen LogP contribution in [0.1, 0.15) is 18.9 Å². The molecule has 10 heteroatoms. The molecule has 4 atom stereocenters. The number of carbonyl (C=O) groups is 4. The lowest BCUT2D eigenvalue weighted by Gasteiger charge is -2.32. The lowest BCUT2D eigenvalue weighted by molar-refractivity contribution is -0.154. The number of fused-ring (bicyclic) bond motifs is 1. The van der Waals surface area contributed by atoms with E-state index in [0.29, 0.717) is 10.7 Å². The minimum atomic E-state index is -1.37. The molecule has 2 aromatic carbocycles. The van der Waals surface area contributed by atoms with Crippen LogP contribution in [0.15, 0.2) is 54.6 Å². The number of amides is 4. The van der Waals surface area contributed by atoms with Crippen molar-refractivity contribution in [1.82, 2.24) is 15.1 Å². The first kappa shape index (κ1) is 25.7. The van der Waals surface area contributed by atoms with Crippen LogP contribution in [-0.2, 0) is 25.7 Å². The van der Waals surface area contributed by atoms with Crippen LogP contribution in [0.25, 0.3) is 0 Å². The second-order valence-corrected chi connectivity index (χ2v) is 9.57. The average Bonchev–Trinajstić information content (AvgIpc) is 3.34. The summed E-state index contributed by atoms with van der Waals surface area (Å²) < 4.78 is 5.08. The van der Waals surface area contributed by atoms with Gasteiger partial charge >= 0.3 is 12.0 Å². The molecule has 190 valence electrons. The molecule has 2 aliphatic heterocycles. The van der Waals surface area contributed by atoms with Gasteiger partial charge < -0.3 is 15.0 Å². The van der Waals surface area contributed by atoms with E-state index in [0.717, 1.165) is 5.56 Å². The van der Waals surface area contributed by atoms with Gasteiger partial charge in [-0.2, -0.15) is 0 Å². The first-order valence-electron chi connectivity index (χ1n) is 11.7. The van der Waals surface area contributed by atoms with E-state index in [2.05, 4.69) is 10.6 Å². The number of likely N-dealkylation sites (N-methyl/N-ethyl adjacent to an activating group) is 1. The molecule has 0 aliphatic carbocycles.